The van der Waals surface area contributed by atoms with E-state index >= 15 is 0 Å². The number of aromatic nitrogens is 3. The van der Waals surface area contributed by atoms with Crippen molar-refractivity contribution in [3.63, 3.8) is 0 Å². The zero-order valence-corrected chi connectivity index (χ0v) is 12.1. The molecular formula is C15H13N7. The van der Waals surface area contributed by atoms with Crippen LogP contribution in [0.25, 0.3) is 16.6 Å². The fourth-order valence-corrected chi connectivity index (χ4v) is 2.40. The van der Waals surface area contributed by atoms with Crippen LogP contribution < -0.4 is 5.73 Å². The monoisotopic (exact) mass is 291 g/mol. The number of nitrogen functional groups attached to an aromatic ring is 1. The highest BCUT2D eigenvalue weighted by Gasteiger charge is 2.13. The Hall–Kier alpha value is -3.27. The van der Waals surface area contributed by atoms with Crippen LogP contribution in [0, 0.1) is 18.3 Å². The highest BCUT2D eigenvalue weighted by atomic mass is 15.3. The lowest BCUT2D eigenvalue weighted by molar-refractivity contribution is 0.911. The fourth-order valence-electron chi connectivity index (χ4n) is 2.40. The highest BCUT2D eigenvalue weighted by Crippen LogP contribution is 2.31. The van der Waals surface area contributed by atoms with Crippen LogP contribution in [0.2, 0.25) is 0 Å². The normalized spacial score (nSPS) is 11.1. The van der Waals surface area contributed by atoms with Gasteiger partial charge in [0.2, 0.25) is 5.95 Å². The van der Waals surface area contributed by atoms with Gasteiger partial charge in [-0.2, -0.15) is 20.5 Å². The molecule has 0 amide bonds. The number of hydrogen-bond acceptors (Lipinski definition) is 6. The number of rotatable bonds is 2. The first-order valence-corrected chi connectivity index (χ1v) is 6.60. The number of anilines is 1. The van der Waals surface area contributed by atoms with Crippen molar-refractivity contribution in [3.8, 4) is 17.2 Å². The van der Waals surface area contributed by atoms with Crippen molar-refractivity contribution in [3.05, 3.63) is 41.7 Å². The molecule has 2 heterocycles. The van der Waals surface area contributed by atoms with E-state index < -0.39 is 0 Å². The summed E-state index contributed by atoms with van der Waals surface area (Å²) in [5.41, 5.74) is 10.1. The maximum atomic E-state index is 9.28. The van der Waals surface area contributed by atoms with Crippen molar-refractivity contribution in [2.75, 3.05) is 12.8 Å². The molecule has 22 heavy (non-hydrogen) atoms. The van der Waals surface area contributed by atoms with Crippen molar-refractivity contribution in [2.24, 2.45) is 10.2 Å². The van der Waals surface area contributed by atoms with Gasteiger partial charge >= 0.3 is 0 Å². The lowest BCUT2D eigenvalue weighted by Crippen LogP contribution is -2.03. The van der Waals surface area contributed by atoms with E-state index in [0.29, 0.717) is 5.52 Å². The second-order valence-corrected chi connectivity index (χ2v) is 4.75. The Balaban J connectivity index is 2.23. The summed E-state index contributed by atoms with van der Waals surface area (Å²) in [6.07, 6.45) is 1.76. The smallest absolute Gasteiger partial charge is 0.239 e. The average molecular weight is 291 g/mol. The van der Waals surface area contributed by atoms with E-state index in [1.165, 1.54) is 0 Å². The molecule has 2 aromatic heterocycles. The van der Waals surface area contributed by atoms with E-state index in [1.807, 2.05) is 31.2 Å². The molecule has 0 saturated heterocycles. The molecule has 0 bridgehead atoms. The van der Waals surface area contributed by atoms with Gasteiger partial charge in [0, 0.05) is 18.8 Å². The number of benzene rings is 1. The van der Waals surface area contributed by atoms with E-state index in [1.54, 1.807) is 17.8 Å². The second-order valence-electron chi connectivity index (χ2n) is 4.75. The van der Waals surface area contributed by atoms with Gasteiger partial charge in [0.25, 0.3) is 0 Å². The SMILES string of the molecule is CN=Nc1ccc(-c2ccn3nc(N)nc(C#N)c23)cc1C. The number of aryl methyl sites for hydroxylation is 1. The Morgan fingerprint density at radius 2 is 2.14 bits per heavy atom. The van der Waals surface area contributed by atoms with Gasteiger partial charge in [0.1, 0.15) is 11.6 Å². The molecule has 3 rings (SSSR count). The first kappa shape index (κ1) is 13.7. The molecule has 1 aromatic carbocycles. The number of fused-ring (bicyclic) bond motifs is 1. The van der Waals surface area contributed by atoms with Crippen molar-refractivity contribution in [2.45, 2.75) is 6.92 Å². The predicted octanol–water partition coefficient (Wildman–Crippen LogP) is 2.87. The lowest BCUT2D eigenvalue weighted by atomic mass is 10.0. The van der Waals surface area contributed by atoms with Gasteiger partial charge in [-0.3, -0.25) is 0 Å². The van der Waals surface area contributed by atoms with Crippen molar-refractivity contribution in [1.29, 1.82) is 5.26 Å². The van der Waals surface area contributed by atoms with Gasteiger partial charge in [0.15, 0.2) is 5.69 Å². The molecule has 0 aliphatic heterocycles. The molecule has 0 fully saturated rings. The molecule has 7 nitrogen and oxygen atoms in total. The Kier molecular flexibility index (Phi) is 3.27. The first-order chi connectivity index (χ1) is 10.6. The van der Waals surface area contributed by atoms with Crippen LogP contribution in [0.4, 0.5) is 11.6 Å². The summed E-state index contributed by atoms with van der Waals surface area (Å²) in [7, 11) is 1.63. The number of nitrogens with two attached hydrogens (primary N) is 1. The molecule has 0 aliphatic carbocycles. The third-order valence-electron chi connectivity index (χ3n) is 3.35. The number of nitrogens with zero attached hydrogens (tertiary/aromatic N) is 6. The molecule has 108 valence electrons. The first-order valence-electron chi connectivity index (χ1n) is 6.60. The molecule has 0 aliphatic rings. The van der Waals surface area contributed by atoms with Gasteiger partial charge in [0.05, 0.1) is 5.69 Å². The van der Waals surface area contributed by atoms with E-state index in [4.69, 9.17) is 5.73 Å². The molecule has 0 atom stereocenters. The summed E-state index contributed by atoms with van der Waals surface area (Å²) in [6.45, 7) is 1.96. The minimum absolute atomic E-state index is 0.0704. The van der Waals surface area contributed by atoms with Crippen molar-refractivity contribution < 1.29 is 0 Å². The van der Waals surface area contributed by atoms with Crippen molar-refractivity contribution in [1.82, 2.24) is 14.6 Å². The maximum absolute atomic E-state index is 9.28. The quantitative estimate of drug-likeness (QED) is 0.733. The van der Waals surface area contributed by atoms with Crippen LogP contribution in [-0.2, 0) is 0 Å². The summed E-state index contributed by atoms with van der Waals surface area (Å²) >= 11 is 0. The number of azo groups is 1. The average Bonchev–Trinajstić information content (AvgIpc) is 2.92. The Bertz CT molecular complexity index is 931. The van der Waals surface area contributed by atoms with E-state index in [-0.39, 0.29) is 11.6 Å². The molecular weight excluding hydrogens is 278 g/mol. The third kappa shape index (κ3) is 2.16. The fraction of sp³-hybridized carbons (Fsp3) is 0.133. The Morgan fingerprint density at radius 1 is 1.32 bits per heavy atom. The summed E-state index contributed by atoms with van der Waals surface area (Å²) < 4.78 is 1.57. The third-order valence-corrected chi connectivity index (χ3v) is 3.35. The zero-order chi connectivity index (χ0) is 15.7. The molecule has 0 unspecified atom stereocenters. The van der Waals surface area contributed by atoms with Crippen LogP contribution in [0.1, 0.15) is 11.3 Å². The number of hydrogen-bond donors (Lipinski definition) is 1. The summed E-state index contributed by atoms with van der Waals surface area (Å²) in [5.74, 6) is 0.0704. The van der Waals surface area contributed by atoms with E-state index in [0.717, 1.165) is 22.4 Å². The summed E-state index contributed by atoms with van der Waals surface area (Å²) in [4.78, 5) is 4.00. The topological polar surface area (TPSA) is 105 Å². The van der Waals surface area contributed by atoms with Gasteiger partial charge in [-0.15, -0.1) is 5.10 Å². The zero-order valence-electron chi connectivity index (χ0n) is 12.1. The molecule has 0 radical (unpaired) electrons. The second kappa shape index (κ2) is 5.26. The van der Waals surface area contributed by atoms with Crippen LogP contribution >= 0.6 is 0 Å². The molecule has 0 saturated carbocycles. The van der Waals surface area contributed by atoms with Gasteiger partial charge in [-0.1, -0.05) is 6.07 Å². The van der Waals surface area contributed by atoms with Crippen molar-refractivity contribution >= 4 is 17.2 Å². The predicted molar refractivity (Wildman–Crippen MR) is 82.7 cm³/mol. The lowest BCUT2D eigenvalue weighted by Gasteiger charge is -2.05. The van der Waals surface area contributed by atoms with E-state index in [2.05, 4.69) is 26.4 Å². The maximum Gasteiger partial charge on any atom is 0.239 e. The number of nitriles is 1. The van der Waals surface area contributed by atoms with Crippen LogP contribution in [0.3, 0.4) is 0 Å². The highest BCUT2D eigenvalue weighted by molar-refractivity contribution is 5.85. The van der Waals surface area contributed by atoms with Crippen LogP contribution in [-0.4, -0.2) is 21.6 Å². The minimum Gasteiger partial charge on any atom is -0.367 e. The van der Waals surface area contributed by atoms with Gasteiger partial charge in [-0.25, -0.2) is 4.52 Å². The van der Waals surface area contributed by atoms with E-state index in [9.17, 15) is 5.26 Å². The minimum atomic E-state index is 0.0704. The largest absolute Gasteiger partial charge is 0.367 e. The van der Waals surface area contributed by atoms with Crippen LogP contribution in [0.5, 0.6) is 0 Å². The summed E-state index contributed by atoms with van der Waals surface area (Å²) in [5, 5.41) is 21.2. The van der Waals surface area contributed by atoms with Gasteiger partial charge < -0.3 is 5.73 Å². The molecule has 0 spiro atoms. The molecule has 2 N–H and O–H groups in total. The molecule has 7 heteroatoms. The molecule has 3 aromatic rings. The van der Waals surface area contributed by atoms with Gasteiger partial charge in [-0.05, 0) is 36.2 Å². The Morgan fingerprint density at radius 3 is 2.82 bits per heavy atom. The van der Waals surface area contributed by atoms with Crippen LogP contribution in [0.15, 0.2) is 40.7 Å². The summed E-state index contributed by atoms with van der Waals surface area (Å²) in [6, 6.07) is 9.78. The standard InChI is InChI=1S/C15H13N7/c1-9-7-10(3-4-12(9)20-18-2)11-5-6-22-14(11)13(8-16)19-15(17)21-22/h3-7H,1-2H3,(H2,17,21). The Labute approximate surface area is 126 Å².